The van der Waals surface area contributed by atoms with Gasteiger partial charge in [0.25, 0.3) is 0 Å². The van der Waals surface area contributed by atoms with Crippen LogP contribution in [0.2, 0.25) is 0 Å². The number of hydrogen-bond donors (Lipinski definition) is 1. The van der Waals surface area contributed by atoms with Crippen LogP contribution in [-0.4, -0.2) is 11.3 Å². The molecule has 0 aliphatic heterocycles. The number of carboxylic acid groups (broad SMARTS) is 1. The van der Waals surface area contributed by atoms with Crippen LogP contribution in [0.4, 0.5) is 4.79 Å². The van der Waals surface area contributed by atoms with Gasteiger partial charge in [-0.05, 0) is 65.1 Å². The van der Waals surface area contributed by atoms with Crippen molar-refractivity contribution < 1.29 is 14.6 Å². The number of rotatable bonds is 9. The van der Waals surface area contributed by atoms with Crippen LogP contribution in [-0.2, 0) is 25.7 Å². The highest BCUT2D eigenvalue weighted by molar-refractivity contribution is 5.76. The minimum absolute atomic E-state index is 0.508. The smallest absolute Gasteiger partial charge is 0.449 e. The summed E-state index contributed by atoms with van der Waals surface area (Å²) in [5.41, 5.74) is 7.33. The molecule has 3 nitrogen and oxygen atoms in total. The molecule has 2 aromatic rings. The van der Waals surface area contributed by atoms with Gasteiger partial charge in [-0.25, -0.2) is 4.79 Å². The van der Waals surface area contributed by atoms with E-state index in [1.165, 1.54) is 22.3 Å². The first-order chi connectivity index (χ1) is 13.1. The van der Waals surface area contributed by atoms with Crippen LogP contribution in [0, 0.1) is 0 Å². The highest BCUT2D eigenvalue weighted by atomic mass is 16.7. The maximum atomic E-state index is 11.4. The molecule has 0 atom stereocenters. The van der Waals surface area contributed by atoms with Crippen molar-refractivity contribution in [3.8, 4) is 16.9 Å². The zero-order valence-electron chi connectivity index (χ0n) is 17.1. The molecule has 3 heteroatoms. The van der Waals surface area contributed by atoms with Crippen LogP contribution in [0.15, 0.2) is 30.3 Å². The van der Waals surface area contributed by atoms with Gasteiger partial charge in [-0.2, -0.15) is 0 Å². The van der Waals surface area contributed by atoms with Gasteiger partial charge >= 0.3 is 6.16 Å². The molecule has 0 aliphatic carbocycles. The summed E-state index contributed by atoms with van der Waals surface area (Å²) in [6.45, 7) is 8.66. The van der Waals surface area contributed by atoms with Gasteiger partial charge in [-0.15, -0.1) is 0 Å². The molecular weight excluding hydrogens is 336 g/mol. The van der Waals surface area contributed by atoms with Gasteiger partial charge in [-0.1, -0.05) is 71.2 Å². The lowest BCUT2D eigenvalue weighted by Gasteiger charge is -2.22. The fourth-order valence-corrected chi connectivity index (χ4v) is 3.93. The predicted molar refractivity (Wildman–Crippen MR) is 112 cm³/mol. The second-order valence-electron chi connectivity index (χ2n) is 6.99. The van der Waals surface area contributed by atoms with Gasteiger partial charge in [0, 0.05) is 0 Å². The third-order valence-corrected chi connectivity index (χ3v) is 5.01. The molecule has 0 radical (unpaired) electrons. The molecule has 146 valence electrons. The Morgan fingerprint density at radius 3 is 2.04 bits per heavy atom. The monoisotopic (exact) mass is 368 g/mol. The SMILES string of the molecule is CCCc1c(OC(=O)O)cc(-c2ccccc2CC)c(CCC)c1CCC. The topological polar surface area (TPSA) is 46.5 Å². The Labute approximate surface area is 163 Å². The minimum Gasteiger partial charge on any atom is -0.449 e. The normalized spacial score (nSPS) is 10.8. The third-order valence-electron chi connectivity index (χ3n) is 5.01. The molecule has 0 unspecified atom stereocenters. The van der Waals surface area contributed by atoms with Crippen molar-refractivity contribution in [1.82, 2.24) is 0 Å². The number of aryl methyl sites for hydroxylation is 1. The van der Waals surface area contributed by atoms with E-state index in [0.717, 1.165) is 56.1 Å². The van der Waals surface area contributed by atoms with Gasteiger partial charge in [-0.3, -0.25) is 0 Å². The van der Waals surface area contributed by atoms with E-state index in [1.807, 2.05) is 6.07 Å². The van der Waals surface area contributed by atoms with Crippen molar-refractivity contribution in [2.45, 2.75) is 72.6 Å². The number of hydrogen-bond acceptors (Lipinski definition) is 2. The van der Waals surface area contributed by atoms with E-state index < -0.39 is 6.16 Å². The summed E-state index contributed by atoms with van der Waals surface area (Å²) in [6, 6.07) is 10.4. The summed E-state index contributed by atoms with van der Waals surface area (Å²) in [7, 11) is 0. The molecule has 27 heavy (non-hydrogen) atoms. The van der Waals surface area contributed by atoms with E-state index >= 15 is 0 Å². The summed E-state index contributed by atoms with van der Waals surface area (Å²) >= 11 is 0. The van der Waals surface area contributed by atoms with E-state index in [4.69, 9.17) is 4.74 Å². The van der Waals surface area contributed by atoms with Gasteiger partial charge in [0.15, 0.2) is 0 Å². The van der Waals surface area contributed by atoms with E-state index in [9.17, 15) is 9.90 Å². The molecule has 0 saturated carbocycles. The standard InChI is InChI=1S/C24H32O3/c1-5-11-19-20(12-6-2)22(18-15-10-9-14-17(18)8-4)16-23(27-24(25)26)21(19)13-7-3/h9-10,14-16H,5-8,11-13H2,1-4H3,(H,25,26). The number of ether oxygens (including phenoxy) is 1. The number of benzene rings is 2. The zero-order chi connectivity index (χ0) is 19.8. The quantitative estimate of drug-likeness (QED) is 0.390. The van der Waals surface area contributed by atoms with Gasteiger partial charge in [0.05, 0.1) is 0 Å². The summed E-state index contributed by atoms with van der Waals surface area (Å²) < 4.78 is 5.27. The molecule has 0 spiro atoms. The van der Waals surface area contributed by atoms with Crippen molar-refractivity contribution in [1.29, 1.82) is 0 Å². The van der Waals surface area contributed by atoms with Gasteiger partial charge < -0.3 is 9.84 Å². The van der Waals surface area contributed by atoms with Gasteiger partial charge in [0.2, 0.25) is 0 Å². The first-order valence-electron chi connectivity index (χ1n) is 10.2. The van der Waals surface area contributed by atoms with Crippen LogP contribution < -0.4 is 4.74 Å². The molecule has 0 saturated heterocycles. The van der Waals surface area contributed by atoms with Crippen LogP contribution in [0.3, 0.4) is 0 Å². The average molecular weight is 369 g/mol. The lowest BCUT2D eigenvalue weighted by Crippen LogP contribution is -2.11. The fourth-order valence-electron chi connectivity index (χ4n) is 3.93. The molecule has 0 bridgehead atoms. The molecule has 0 aliphatic rings. The van der Waals surface area contributed by atoms with E-state index in [0.29, 0.717) is 5.75 Å². The Kier molecular flexibility index (Phi) is 7.90. The highest BCUT2D eigenvalue weighted by Crippen LogP contribution is 2.39. The third kappa shape index (κ3) is 4.91. The van der Waals surface area contributed by atoms with Gasteiger partial charge in [0.1, 0.15) is 5.75 Å². The van der Waals surface area contributed by atoms with E-state index in [1.54, 1.807) is 0 Å². The Bertz CT molecular complexity index is 777. The zero-order valence-corrected chi connectivity index (χ0v) is 17.1. The fraction of sp³-hybridized carbons (Fsp3) is 0.458. The molecule has 1 N–H and O–H groups in total. The van der Waals surface area contributed by atoms with Crippen molar-refractivity contribution in [2.75, 3.05) is 0 Å². The van der Waals surface area contributed by atoms with E-state index in [2.05, 4.69) is 52.0 Å². The summed E-state index contributed by atoms with van der Waals surface area (Å²) in [6.07, 6.45) is 5.52. The highest BCUT2D eigenvalue weighted by Gasteiger charge is 2.21. The van der Waals surface area contributed by atoms with Crippen LogP contribution in [0.1, 0.15) is 69.2 Å². The van der Waals surface area contributed by atoms with Crippen LogP contribution in [0.5, 0.6) is 5.75 Å². The molecule has 2 rings (SSSR count). The van der Waals surface area contributed by atoms with Crippen LogP contribution >= 0.6 is 0 Å². The summed E-state index contributed by atoms with van der Waals surface area (Å²) in [5.74, 6) is 0.508. The minimum atomic E-state index is -1.24. The molecule has 0 heterocycles. The maximum Gasteiger partial charge on any atom is 0.511 e. The van der Waals surface area contributed by atoms with Crippen LogP contribution in [0.25, 0.3) is 11.1 Å². The van der Waals surface area contributed by atoms with Crippen molar-refractivity contribution in [2.24, 2.45) is 0 Å². The molecule has 0 amide bonds. The largest absolute Gasteiger partial charge is 0.511 e. The van der Waals surface area contributed by atoms with Crippen molar-refractivity contribution in [3.05, 3.63) is 52.6 Å². The summed E-state index contributed by atoms with van der Waals surface area (Å²) in [5, 5.41) is 9.29. The Balaban J connectivity index is 2.84. The van der Waals surface area contributed by atoms with Crippen molar-refractivity contribution in [3.63, 3.8) is 0 Å². The maximum absolute atomic E-state index is 11.4. The van der Waals surface area contributed by atoms with Crippen molar-refractivity contribution >= 4 is 6.16 Å². The molecule has 0 fully saturated rings. The average Bonchev–Trinajstić information content (AvgIpc) is 2.66. The first kappa shape index (κ1) is 21.0. The Morgan fingerprint density at radius 1 is 0.852 bits per heavy atom. The Morgan fingerprint density at radius 2 is 1.44 bits per heavy atom. The molecule has 2 aromatic carbocycles. The molecular formula is C24H32O3. The summed E-state index contributed by atoms with van der Waals surface area (Å²) in [4.78, 5) is 11.4. The lowest BCUT2D eigenvalue weighted by molar-refractivity contribution is 0.144. The second kappa shape index (κ2) is 10.1. The van der Waals surface area contributed by atoms with E-state index in [-0.39, 0.29) is 0 Å². The Hall–Kier alpha value is -2.29. The lowest BCUT2D eigenvalue weighted by atomic mass is 9.84. The first-order valence-corrected chi connectivity index (χ1v) is 10.2. The predicted octanol–water partition coefficient (Wildman–Crippen LogP) is 6.83. The molecule has 0 aromatic heterocycles. The second-order valence-corrected chi connectivity index (χ2v) is 6.99. The number of carbonyl (C=O) groups is 1.